The summed E-state index contributed by atoms with van der Waals surface area (Å²) in [6.45, 7) is 4.67. The molecular weight excluding hydrogens is 230 g/mol. The van der Waals surface area contributed by atoms with Crippen molar-refractivity contribution in [3.05, 3.63) is 0 Å². The monoisotopic (exact) mass is 257 g/mol. The predicted molar refractivity (Wildman–Crippen MR) is 72.3 cm³/mol. The Morgan fingerprint density at radius 3 is 2.33 bits per heavy atom. The van der Waals surface area contributed by atoms with Crippen LogP contribution in [-0.2, 0) is 14.3 Å². The van der Waals surface area contributed by atoms with Crippen LogP contribution in [0.2, 0.25) is 0 Å². The highest BCUT2D eigenvalue weighted by Gasteiger charge is 2.01. The maximum Gasteiger partial charge on any atom is 0.302 e. The molecule has 0 saturated heterocycles. The topological polar surface area (TPSA) is 55.4 Å². The molecule has 0 unspecified atom stereocenters. The van der Waals surface area contributed by atoms with E-state index in [1.165, 1.54) is 39.0 Å². The first-order valence-electron chi connectivity index (χ1n) is 7.07. The summed E-state index contributed by atoms with van der Waals surface area (Å²) >= 11 is 0. The fourth-order valence-electron chi connectivity index (χ4n) is 1.67. The van der Waals surface area contributed by atoms with Gasteiger partial charge in [0, 0.05) is 19.9 Å². The van der Waals surface area contributed by atoms with Crippen LogP contribution in [0.1, 0.15) is 65.2 Å². The Morgan fingerprint density at radius 2 is 1.67 bits per heavy atom. The number of unbranched alkanes of at least 4 members (excludes halogenated alkanes) is 5. The molecule has 0 aliphatic carbocycles. The highest BCUT2D eigenvalue weighted by atomic mass is 16.5. The maximum atomic E-state index is 11.4. The van der Waals surface area contributed by atoms with Gasteiger partial charge in [-0.2, -0.15) is 0 Å². The number of amides is 1. The van der Waals surface area contributed by atoms with E-state index in [1.807, 2.05) is 0 Å². The molecule has 0 spiro atoms. The van der Waals surface area contributed by atoms with E-state index in [-0.39, 0.29) is 11.9 Å². The van der Waals surface area contributed by atoms with Gasteiger partial charge in [-0.15, -0.1) is 0 Å². The normalized spacial score (nSPS) is 10.1. The largest absolute Gasteiger partial charge is 0.466 e. The summed E-state index contributed by atoms with van der Waals surface area (Å²) in [5.41, 5.74) is 0. The number of hydrogen-bond donors (Lipinski definition) is 1. The van der Waals surface area contributed by atoms with E-state index >= 15 is 0 Å². The number of rotatable bonds is 11. The molecule has 0 rings (SSSR count). The van der Waals surface area contributed by atoms with E-state index in [9.17, 15) is 9.59 Å². The Hall–Kier alpha value is -1.06. The van der Waals surface area contributed by atoms with Crippen LogP contribution in [0.3, 0.4) is 0 Å². The zero-order valence-electron chi connectivity index (χ0n) is 11.8. The van der Waals surface area contributed by atoms with Gasteiger partial charge in [0.2, 0.25) is 5.91 Å². The van der Waals surface area contributed by atoms with Crippen LogP contribution in [0.4, 0.5) is 0 Å². The number of esters is 1. The first-order chi connectivity index (χ1) is 8.66. The van der Waals surface area contributed by atoms with Crippen molar-refractivity contribution in [2.24, 2.45) is 0 Å². The molecule has 0 aliphatic heterocycles. The number of nitrogens with one attached hydrogen (secondary N) is 1. The second kappa shape index (κ2) is 12.4. The van der Waals surface area contributed by atoms with Crippen molar-refractivity contribution in [3.8, 4) is 0 Å². The Kier molecular flexibility index (Phi) is 11.7. The molecule has 106 valence electrons. The number of carbonyl (C=O) groups is 2. The second-order valence-corrected chi connectivity index (χ2v) is 4.56. The van der Waals surface area contributed by atoms with Gasteiger partial charge in [-0.1, -0.05) is 39.0 Å². The van der Waals surface area contributed by atoms with Gasteiger partial charge in [-0.05, 0) is 12.8 Å². The van der Waals surface area contributed by atoms with E-state index in [1.54, 1.807) is 0 Å². The van der Waals surface area contributed by atoms with Crippen molar-refractivity contribution >= 4 is 11.9 Å². The SMILES string of the molecule is CCCCCCCCNC(=O)CCCOC(C)=O. The van der Waals surface area contributed by atoms with E-state index in [2.05, 4.69) is 12.2 Å². The van der Waals surface area contributed by atoms with Crippen molar-refractivity contribution < 1.29 is 14.3 Å². The third-order valence-electron chi connectivity index (χ3n) is 2.71. The Morgan fingerprint density at radius 1 is 1.00 bits per heavy atom. The molecular formula is C14H27NO3. The molecule has 0 aromatic carbocycles. The molecule has 0 aliphatic rings. The van der Waals surface area contributed by atoms with Crippen LogP contribution >= 0.6 is 0 Å². The number of hydrogen-bond acceptors (Lipinski definition) is 3. The summed E-state index contributed by atoms with van der Waals surface area (Å²) in [5.74, 6) is -0.238. The van der Waals surface area contributed by atoms with Crippen molar-refractivity contribution in [1.82, 2.24) is 5.32 Å². The maximum absolute atomic E-state index is 11.4. The number of ether oxygens (including phenoxy) is 1. The smallest absolute Gasteiger partial charge is 0.302 e. The minimum atomic E-state index is -0.289. The fraction of sp³-hybridized carbons (Fsp3) is 0.857. The van der Waals surface area contributed by atoms with Gasteiger partial charge in [0.25, 0.3) is 0 Å². The average molecular weight is 257 g/mol. The van der Waals surface area contributed by atoms with Gasteiger partial charge in [0.05, 0.1) is 6.61 Å². The van der Waals surface area contributed by atoms with E-state index in [0.29, 0.717) is 19.4 Å². The third kappa shape index (κ3) is 13.0. The summed E-state index contributed by atoms with van der Waals surface area (Å²) in [6, 6.07) is 0. The molecule has 1 amide bonds. The first kappa shape index (κ1) is 16.9. The molecule has 0 atom stereocenters. The van der Waals surface area contributed by atoms with Crippen LogP contribution in [-0.4, -0.2) is 25.0 Å². The van der Waals surface area contributed by atoms with Crippen molar-refractivity contribution in [2.45, 2.75) is 65.2 Å². The van der Waals surface area contributed by atoms with Crippen LogP contribution in [0, 0.1) is 0 Å². The summed E-state index contributed by atoms with van der Waals surface area (Å²) < 4.78 is 4.75. The second-order valence-electron chi connectivity index (χ2n) is 4.56. The lowest BCUT2D eigenvalue weighted by molar-refractivity contribution is -0.141. The summed E-state index contributed by atoms with van der Waals surface area (Å²) in [4.78, 5) is 21.9. The van der Waals surface area contributed by atoms with E-state index < -0.39 is 0 Å². The van der Waals surface area contributed by atoms with Gasteiger partial charge in [-0.25, -0.2) is 0 Å². The van der Waals surface area contributed by atoms with Gasteiger partial charge >= 0.3 is 5.97 Å². The fourth-order valence-corrected chi connectivity index (χ4v) is 1.67. The summed E-state index contributed by atoms with van der Waals surface area (Å²) in [6.07, 6.45) is 8.41. The van der Waals surface area contributed by atoms with Gasteiger partial charge < -0.3 is 10.1 Å². The lowest BCUT2D eigenvalue weighted by atomic mass is 10.1. The van der Waals surface area contributed by atoms with E-state index in [0.717, 1.165) is 13.0 Å². The molecule has 0 aromatic rings. The van der Waals surface area contributed by atoms with Crippen LogP contribution < -0.4 is 5.32 Å². The summed E-state index contributed by atoms with van der Waals surface area (Å²) in [7, 11) is 0. The quantitative estimate of drug-likeness (QED) is 0.457. The molecule has 0 saturated carbocycles. The lowest BCUT2D eigenvalue weighted by Gasteiger charge is -2.05. The van der Waals surface area contributed by atoms with Crippen LogP contribution in [0.15, 0.2) is 0 Å². The highest BCUT2D eigenvalue weighted by molar-refractivity contribution is 5.75. The first-order valence-corrected chi connectivity index (χ1v) is 7.07. The molecule has 4 heteroatoms. The zero-order chi connectivity index (χ0) is 13.6. The van der Waals surface area contributed by atoms with Gasteiger partial charge in [-0.3, -0.25) is 9.59 Å². The Bertz CT molecular complexity index is 229. The third-order valence-corrected chi connectivity index (χ3v) is 2.71. The molecule has 0 heterocycles. The molecule has 0 bridgehead atoms. The summed E-state index contributed by atoms with van der Waals surface area (Å²) in [5, 5.41) is 2.88. The molecule has 0 aromatic heterocycles. The highest BCUT2D eigenvalue weighted by Crippen LogP contribution is 2.04. The average Bonchev–Trinajstić information content (AvgIpc) is 2.33. The molecule has 18 heavy (non-hydrogen) atoms. The zero-order valence-corrected chi connectivity index (χ0v) is 11.8. The standard InChI is InChI=1S/C14H27NO3/c1-3-4-5-6-7-8-11-15-14(17)10-9-12-18-13(2)16/h3-12H2,1-2H3,(H,15,17). The Labute approximate surface area is 110 Å². The molecule has 4 nitrogen and oxygen atoms in total. The molecule has 1 N–H and O–H groups in total. The Balaban J connectivity index is 3.19. The van der Waals surface area contributed by atoms with Gasteiger partial charge in [0.1, 0.15) is 0 Å². The minimum absolute atomic E-state index is 0.0516. The van der Waals surface area contributed by atoms with E-state index in [4.69, 9.17) is 4.74 Å². The lowest BCUT2D eigenvalue weighted by Crippen LogP contribution is -2.24. The van der Waals surface area contributed by atoms with Crippen molar-refractivity contribution in [3.63, 3.8) is 0 Å². The van der Waals surface area contributed by atoms with Crippen molar-refractivity contribution in [2.75, 3.05) is 13.2 Å². The van der Waals surface area contributed by atoms with Crippen LogP contribution in [0.25, 0.3) is 0 Å². The molecule has 0 radical (unpaired) electrons. The molecule has 0 fully saturated rings. The number of carbonyl (C=O) groups excluding carboxylic acids is 2. The van der Waals surface area contributed by atoms with Crippen LogP contribution in [0.5, 0.6) is 0 Å². The minimum Gasteiger partial charge on any atom is -0.466 e. The van der Waals surface area contributed by atoms with Crippen molar-refractivity contribution in [1.29, 1.82) is 0 Å². The van der Waals surface area contributed by atoms with Gasteiger partial charge in [0.15, 0.2) is 0 Å². The predicted octanol–water partition coefficient (Wildman–Crippen LogP) is 2.81.